The molecule has 0 saturated heterocycles. The predicted molar refractivity (Wildman–Crippen MR) is 89.6 cm³/mol. The first-order chi connectivity index (χ1) is 11.1. The highest BCUT2D eigenvalue weighted by Crippen LogP contribution is 2.21. The summed E-state index contributed by atoms with van der Waals surface area (Å²) >= 11 is 0. The molecular formula is C18H17N3O2. The minimum absolute atomic E-state index is 0.115. The summed E-state index contributed by atoms with van der Waals surface area (Å²) < 4.78 is 5.54. The summed E-state index contributed by atoms with van der Waals surface area (Å²) in [7, 11) is 0. The maximum Gasteiger partial charge on any atom is 0.262 e. The van der Waals surface area contributed by atoms with Crippen LogP contribution in [0.15, 0.2) is 48.7 Å². The number of aryl methyl sites for hydroxylation is 1. The molecule has 3 aromatic rings. The summed E-state index contributed by atoms with van der Waals surface area (Å²) in [5.41, 5.74) is 2.97. The SMILES string of the molecule is Cc1cccc(NC(=O)COc2nncc3ccccc23)c1C. The number of anilines is 1. The van der Waals surface area contributed by atoms with Crippen LogP contribution in [0.1, 0.15) is 11.1 Å². The predicted octanol–water partition coefficient (Wildman–Crippen LogP) is 3.26. The fourth-order valence-electron chi connectivity index (χ4n) is 2.32. The molecule has 116 valence electrons. The number of rotatable bonds is 4. The van der Waals surface area contributed by atoms with E-state index in [2.05, 4.69) is 15.5 Å². The number of fused-ring (bicyclic) bond motifs is 1. The summed E-state index contributed by atoms with van der Waals surface area (Å²) in [6.07, 6.45) is 1.67. The first-order valence-electron chi connectivity index (χ1n) is 7.34. The molecule has 0 radical (unpaired) electrons. The van der Waals surface area contributed by atoms with Crippen molar-refractivity contribution in [2.45, 2.75) is 13.8 Å². The third-order valence-electron chi connectivity index (χ3n) is 3.76. The van der Waals surface area contributed by atoms with Crippen molar-refractivity contribution in [3.05, 3.63) is 59.8 Å². The number of hydrogen-bond acceptors (Lipinski definition) is 4. The zero-order valence-corrected chi connectivity index (χ0v) is 13.0. The molecule has 0 unspecified atom stereocenters. The van der Waals surface area contributed by atoms with Crippen LogP contribution in [0.5, 0.6) is 5.88 Å². The quantitative estimate of drug-likeness (QED) is 0.803. The van der Waals surface area contributed by atoms with Crippen molar-refractivity contribution in [3.8, 4) is 5.88 Å². The number of carbonyl (C=O) groups is 1. The number of hydrogen-bond donors (Lipinski definition) is 1. The van der Waals surface area contributed by atoms with Gasteiger partial charge in [0.05, 0.1) is 6.20 Å². The lowest BCUT2D eigenvalue weighted by Gasteiger charge is -2.11. The van der Waals surface area contributed by atoms with Crippen molar-refractivity contribution in [2.75, 3.05) is 11.9 Å². The van der Waals surface area contributed by atoms with Crippen molar-refractivity contribution in [1.82, 2.24) is 10.2 Å². The topological polar surface area (TPSA) is 64.1 Å². The van der Waals surface area contributed by atoms with Crippen molar-refractivity contribution in [3.63, 3.8) is 0 Å². The number of amides is 1. The van der Waals surface area contributed by atoms with Crippen LogP contribution in [0, 0.1) is 13.8 Å². The molecule has 0 fully saturated rings. The van der Waals surface area contributed by atoms with Crippen LogP contribution in [0.25, 0.3) is 10.8 Å². The van der Waals surface area contributed by atoms with Crippen molar-refractivity contribution in [2.24, 2.45) is 0 Å². The average Bonchev–Trinajstić information content (AvgIpc) is 2.57. The monoisotopic (exact) mass is 307 g/mol. The van der Waals surface area contributed by atoms with Crippen LogP contribution >= 0.6 is 0 Å². The van der Waals surface area contributed by atoms with Gasteiger partial charge in [-0.05, 0) is 37.1 Å². The Balaban J connectivity index is 1.70. The van der Waals surface area contributed by atoms with E-state index in [4.69, 9.17) is 4.74 Å². The Bertz CT molecular complexity index is 857. The van der Waals surface area contributed by atoms with E-state index in [0.717, 1.165) is 27.6 Å². The van der Waals surface area contributed by atoms with Crippen molar-refractivity contribution >= 4 is 22.4 Å². The molecule has 1 aromatic heterocycles. The number of carbonyl (C=O) groups excluding carboxylic acids is 1. The van der Waals surface area contributed by atoms with E-state index in [0.29, 0.717) is 5.88 Å². The summed E-state index contributed by atoms with van der Waals surface area (Å²) in [6.45, 7) is 3.87. The molecule has 1 amide bonds. The highest BCUT2D eigenvalue weighted by Gasteiger charge is 2.09. The van der Waals surface area contributed by atoms with Crippen LogP contribution in [-0.2, 0) is 4.79 Å². The molecule has 0 saturated carbocycles. The lowest BCUT2D eigenvalue weighted by molar-refractivity contribution is -0.118. The maximum absolute atomic E-state index is 12.1. The maximum atomic E-state index is 12.1. The van der Waals surface area contributed by atoms with E-state index in [1.165, 1.54) is 0 Å². The number of nitrogens with zero attached hydrogens (tertiary/aromatic N) is 2. The number of ether oxygens (including phenoxy) is 1. The third-order valence-corrected chi connectivity index (χ3v) is 3.76. The lowest BCUT2D eigenvalue weighted by Crippen LogP contribution is -2.21. The van der Waals surface area contributed by atoms with Gasteiger partial charge in [-0.1, -0.05) is 30.3 Å². The van der Waals surface area contributed by atoms with Gasteiger partial charge in [-0.25, -0.2) is 0 Å². The molecular weight excluding hydrogens is 290 g/mol. The Morgan fingerprint density at radius 2 is 1.96 bits per heavy atom. The largest absolute Gasteiger partial charge is 0.466 e. The molecule has 0 bridgehead atoms. The van der Waals surface area contributed by atoms with E-state index >= 15 is 0 Å². The van der Waals surface area contributed by atoms with Crippen molar-refractivity contribution < 1.29 is 9.53 Å². The molecule has 0 spiro atoms. The Morgan fingerprint density at radius 1 is 1.13 bits per heavy atom. The van der Waals surface area contributed by atoms with Crippen LogP contribution in [0.3, 0.4) is 0 Å². The normalized spacial score (nSPS) is 10.5. The standard InChI is InChI=1S/C18H17N3O2/c1-12-6-5-9-16(13(12)2)20-17(22)11-23-18-15-8-4-3-7-14(15)10-19-21-18/h3-10H,11H2,1-2H3,(H,20,22). The first-order valence-corrected chi connectivity index (χ1v) is 7.34. The van der Waals surface area contributed by atoms with Crippen LogP contribution in [0.4, 0.5) is 5.69 Å². The zero-order chi connectivity index (χ0) is 16.2. The summed E-state index contributed by atoms with van der Waals surface area (Å²) in [5, 5.41) is 12.5. The minimum Gasteiger partial charge on any atom is -0.466 e. The Hall–Kier alpha value is -2.95. The number of nitrogens with one attached hydrogen (secondary N) is 1. The second-order valence-electron chi connectivity index (χ2n) is 5.32. The highest BCUT2D eigenvalue weighted by molar-refractivity contribution is 5.93. The first kappa shape index (κ1) is 15.0. The van der Waals surface area contributed by atoms with Crippen LogP contribution in [-0.4, -0.2) is 22.7 Å². The van der Waals surface area contributed by atoms with Gasteiger partial charge in [-0.3, -0.25) is 4.79 Å². The zero-order valence-electron chi connectivity index (χ0n) is 13.0. The fourth-order valence-corrected chi connectivity index (χ4v) is 2.32. The number of aromatic nitrogens is 2. The molecule has 2 aromatic carbocycles. The molecule has 1 heterocycles. The molecule has 23 heavy (non-hydrogen) atoms. The van der Waals surface area contributed by atoms with Gasteiger partial charge in [0.25, 0.3) is 5.91 Å². The molecule has 1 N–H and O–H groups in total. The third kappa shape index (κ3) is 3.29. The molecule has 3 rings (SSSR count). The lowest BCUT2D eigenvalue weighted by atomic mass is 10.1. The number of benzene rings is 2. The van der Waals surface area contributed by atoms with Gasteiger partial charge < -0.3 is 10.1 Å². The molecule has 0 aliphatic rings. The van der Waals surface area contributed by atoms with Gasteiger partial charge in [-0.15, -0.1) is 5.10 Å². The van der Waals surface area contributed by atoms with E-state index in [9.17, 15) is 4.79 Å². The van der Waals surface area contributed by atoms with Gasteiger partial charge in [-0.2, -0.15) is 5.10 Å². The second-order valence-corrected chi connectivity index (χ2v) is 5.32. The van der Waals surface area contributed by atoms with E-state index < -0.39 is 0 Å². The molecule has 0 aliphatic heterocycles. The summed E-state index contributed by atoms with van der Waals surface area (Å²) in [5.74, 6) is 0.132. The Morgan fingerprint density at radius 3 is 2.83 bits per heavy atom. The van der Waals surface area contributed by atoms with Gasteiger partial charge >= 0.3 is 0 Å². The molecule has 5 nitrogen and oxygen atoms in total. The molecule has 0 aliphatic carbocycles. The Labute approximate surface area is 134 Å². The van der Waals surface area contributed by atoms with Crippen LogP contribution in [0.2, 0.25) is 0 Å². The smallest absolute Gasteiger partial charge is 0.262 e. The Kier molecular flexibility index (Phi) is 4.19. The van der Waals surface area contributed by atoms with E-state index in [-0.39, 0.29) is 12.5 Å². The average molecular weight is 307 g/mol. The van der Waals surface area contributed by atoms with E-state index in [1.54, 1.807) is 6.20 Å². The van der Waals surface area contributed by atoms with Crippen LogP contribution < -0.4 is 10.1 Å². The summed E-state index contributed by atoms with van der Waals surface area (Å²) in [4.78, 5) is 12.1. The fraction of sp³-hybridized carbons (Fsp3) is 0.167. The van der Waals surface area contributed by atoms with Gasteiger partial charge in [0.1, 0.15) is 0 Å². The summed E-state index contributed by atoms with van der Waals surface area (Å²) in [6, 6.07) is 13.4. The van der Waals surface area contributed by atoms with Gasteiger partial charge in [0.2, 0.25) is 5.88 Å². The molecule has 0 atom stereocenters. The second kappa shape index (κ2) is 6.44. The van der Waals surface area contributed by atoms with Crippen molar-refractivity contribution in [1.29, 1.82) is 0 Å². The van der Waals surface area contributed by atoms with Gasteiger partial charge in [0, 0.05) is 16.5 Å². The van der Waals surface area contributed by atoms with E-state index in [1.807, 2.05) is 56.3 Å². The van der Waals surface area contributed by atoms with Gasteiger partial charge in [0.15, 0.2) is 6.61 Å². The molecule has 5 heteroatoms. The minimum atomic E-state index is -0.228. The highest BCUT2D eigenvalue weighted by atomic mass is 16.5.